The average Bonchev–Trinajstić information content (AvgIpc) is 3.23. The topological polar surface area (TPSA) is 76.0 Å². The molecular formula is C25H24N4O2. The highest BCUT2D eigenvalue weighted by molar-refractivity contribution is 5.94. The third kappa shape index (κ3) is 4.80. The molecule has 2 amide bonds. The molecule has 1 aromatic heterocycles. The van der Waals surface area contributed by atoms with E-state index in [0.29, 0.717) is 18.5 Å². The molecule has 2 N–H and O–H groups in total. The van der Waals surface area contributed by atoms with Crippen LogP contribution in [0.25, 0.3) is 16.7 Å². The molecule has 3 aromatic carbocycles. The highest BCUT2D eigenvalue weighted by Gasteiger charge is 2.08. The van der Waals surface area contributed by atoms with Crippen molar-refractivity contribution in [2.45, 2.75) is 26.3 Å². The molecule has 0 radical (unpaired) electrons. The summed E-state index contributed by atoms with van der Waals surface area (Å²) in [6, 6.07) is 22.9. The normalized spacial score (nSPS) is 10.7. The third-order valence-electron chi connectivity index (χ3n) is 5.03. The summed E-state index contributed by atoms with van der Waals surface area (Å²) in [4.78, 5) is 28.6. The minimum atomic E-state index is -0.137. The van der Waals surface area contributed by atoms with Gasteiger partial charge in [-0.15, -0.1) is 0 Å². The Morgan fingerprint density at radius 1 is 0.935 bits per heavy atom. The maximum Gasteiger partial charge on any atom is 0.251 e. The lowest BCUT2D eigenvalue weighted by Crippen LogP contribution is -2.22. The largest absolute Gasteiger partial charge is 0.348 e. The zero-order chi connectivity index (χ0) is 21.6. The molecule has 0 saturated heterocycles. The lowest BCUT2D eigenvalue weighted by Gasteiger charge is -2.09. The first-order chi connectivity index (χ1) is 15.1. The molecule has 156 valence electrons. The molecule has 0 atom stereocenters. The third-order valence-corrected chi connectivity index (χ3v) is 5.03. The first kappa shape index (κ1) is 20.3. The number of carbonyl (C=O) groups is 2. The van der Waals surface area contributed by atoms with Gasteiger partial charge in [0.2, 0.25) is 5.91 Å². The van der Waals surface area contributed by atoms with Crippen LogP contribution < -0.4 is 10.6 Å². The fourth-order valence-corrected chi connectivity index (χ4v) is 3.38. The summed E-state index contributed by atoms with van der Waals surface area (Å²) in [5, 5.41) is 5.79. The van der Waals surface area contributed by atoms with Crippen LogP contribution in [-0.2, 0) is 11.3 Å². The van der Waals surface area contributed by atoms with Crippen LogP contribution in [0.2, 0.25) is 0 Å². The number of fused-ring (bicyclic) bond motifs is 1. The summed E-state index contributed by atoms with van der Waals surface area (Å²) in [6.07, 6.45) is 3.11. The predicted octanol–water partition coefficient (Wildman–Crippen LogP) is 4.69. The van der Waals surface area contributed by atoms with Gasteiger partial charge < -0.3 is 10.6 Å². The SMILES string of the molecule is CCCC(=O)Nc1ccc(CNC(=O)c2ccc(-n3cnc4ccccc43)cc2)cc1. The number of anilines is 1. The molecule has 0 aliphatic carbocycles. The van der Waals surface area contributed by atoms with Crippen LogP contribution in [-0.4, -0.2) is 21.4 Å². The summed E-state index contributed by atoms with van der Waals surface area (Å²) in [7, 11) is 0. The van der Waals surface area contributed by atoms with Crippen molar-refractivity contribution in [1.29, 1.82) is 0 Å². The second-order valence-electron chi connectivity index (χ2n) is 7.33. The monoisotopic (exact) mass is 412 g/mol. The van der Waals surface area contributed by atoms with E-state index in [1.54, 1.807) is 6.33 Å². The Morgan fingerprint density at radius 3 is 2.42 bits per heavy atom. The number of hydrogen-bond donors (Lipinski definition) is 2. The smallest absolute Gasteiger partial charge is 0.251 e. The van der Waals surface area contributed by atoms with Crippen LogP contribution in [0.15, 0.2) is 79.1 Å². The first-order valence-corrected chi connectivity index (χ1v) is 10.3. The summed E-state index contributed by atoms with van der Waals surface area (Å²) in [6.45, 7) is 2.38. The number of benzene rings is 3. The molecular weight excluding hydrogens is 388 g/mol. The Balaban J connectivity index is 1.36. The predicted molar refractivity (Wildman–Crippen MR) is 122 cm³/mol. The van der Waals surface area contributed by atoms with Gasteiger partial charge in [-0.3, -0.25) is 14.2 Å². The van der Waals surface area contributed by atoms with Crippen LogP contribution in [0, 0.1) is 0 Å². The van der Waals surface area contributed by atoms with Crippen LogP contribution in [0.1, 0.15) is 35.7 Å². The molecule has 4 rings (SSSR count). The lowest BCUT2D eigenvalue weighted by atomic mass is 10.1. The van der Waals surface area contributed by atoms with E-state index >= 15 is 0 Å². The molecule has 31 heavy (non-hydrogen) atoms. The van der Waals surface area contributed by atoms with Crippen molar-refractivity contribution < 1.29 is 9.59 Å². The second-order valence-corrected chi connectivity index (χ2v) is 7.33. The Bertz CT molecular complexity index is 1190. The summed E-state index contributed by atoms with van der Waals surface area (Å²) >= 11 is 0. The maximum absolute atomic E-state index is 12.5. The zero-order valence-corrected chi connectivity index (χ0v) is 17.3. The number of hydrogen-bond acceptors (Lipinski definition) is 3. The van der Waals surface area contributed by atoms with Crippen LogP contribution in [0.5, 0.6) is 0 Å². The minimum Gasteiger partial charge on any atom is -0.348 e. The standard InChI is InChI=1S/C25H24N4O2/c1-2-5-24(30)28-20-12-8-18(9-13-20)16-26-25(31)19-10-14-21(15-11-19)29-17-27-22-6-3-4-7-23(22)29/h3-4,6-15,17H,2,5,16H2,1H3,(H,26,31)(H,28,30). The van der Waals surface area contributed by atoms with E-state index < -0.39 is 0 Å². The van der Waals surface area contributed by atoms with E-state index in [2.05, 4.69) is 15.6 Å². The first-order valence-electron chi connectivity index (χ1n) is 10.3. The number of para-hydroxylation sites is 2. The van der Waals surface area contributed by atoms with Gasteiger partial charge in [0.1, 0.15) is 6.33 Å². The number of nitrogens with zero attached hydrogens (tertiary/aromatic N) is 2. The van der Waals surface area contributed by atoms with Crippen molar-refractivity contribution in [3.8, 4) is 5.69 Å². The van der Waals surface area contributed by atoms with Gasteiger partial charge >= 0.3 is 0 Å². The van der Waals surface area contributed by atoms with Gasteiger partial charge in [0.15, 0.2) is 0 Å². The van der Waals surface area contributed by atoms with Gasteiger partial charge in [0.05, 0.1) is 11.0 Å². The molecule has 4 aromatic rings. The molecule has 0 spiro atoms. The Morgan fingerprint density at radius 2 is 1.68 bits per heavy atom. The van der Waals surface area contributed by atoms with Gasteiger partial charge in [-0.1, -0.05) is 31.2 Å². The molecule has 0 fully saturated rings. The summed E-state index contributed by atoms with van der Waals surface area (Å²) < 4.78 is 2.00. The maximum atomic E-state index is 12.5. The van der Waals surface area contributed by atoms with E-state index in [4.69, 9.17) is 0 Å². The number of aromatic nitrogens is 2. The molecule has 0 unspecified atom stereocenters. The Labute approximate surface area is 180 Å². The van der Waals surface area contributed by atoms with Gasteiger partial charge in [-0.2, -0.15) is 0 Å². The van der Waals surface area contributed by atoms with Crippen molar-refractivity contribution in [3.63, 3.8) is 0 Å². The number of imidazole rings is 1. The summed E-state index contributed by atoms with van der Waals surface area (Å²) in [5.74, 6) is -0.127. The molecule has 0 bridgehead atoms. The lowest BCUT2D eigenvalue weighted by molar-refractivity contribution is -0.116. The van der Waals surface area contributed by atoms with Gasteiger partial charge in [-0.25, -0.2) is 4.98 Å². The van der Waals surface area contributed by atoms with Gasteiger partial charge in [-0.05, 0) is 60.5 Å². The second kappa shape index (κ2) is 9.26. The quantitative estimate of drug-likeness (QED) is 0.462. The molecule has 6 heteroatoms. The van der Waals surface area contributed by atoms with Crippen molar-refractivity contribution in [1.82, 2.24) is 14.9 Å². The Kier molecular flexibility index (Phi) is 6.08. The van der Waals surface area contributed by atoms with Gasteiger partial charge in [0, 0.05) is 29.9 Å². The number of carbonyl (C=O) groups excluding carboxylic acids is 2. The zero-order valence-electron chi connectivity index (χ0n) is 17.3. The molecule has 1 heterocycles. The highest BCUT2D eigenvalue weighted by atomic mass is 16.2. The van der Waals surface area contributed by atoms with Crippen LogP contribution in [0.3, 0.4) is 0 Å². The molecule has 0 aliphatic rings. The average molecular weight is 412 g/mol. The molecule has 6 nitrogen and oxygen atoms in total. The van der Waals surface area contributed by atoms with E-state index in [9.17, 15) is 9.59 Å². The van der Waals surface area contributed by atoms with E-state index in [1.807, 2.05) is 84.3 Å². The van der Waals surface area contributed by atoms with Crippen LogP contribution >= 0.6 is 0 Å². The van der Waals surface area contributed by atoms with Crippen molar-refractivity contribution in [2.75, 3.05) is 5.32 Å². The summed E-state index contributed by atoms with van der Waals surface area (Å²) in [5.41, 5.74) is 5.22. The number of nitrogens with one attached hydrogen (secondary N) is 2. The van der Waals surface area contributed by atoms with Crippen molar-refractivity contribution >= 4 is 28.5 Å². The van der Waals surface area contributed by atoms with Crippen molar-refractivity contribution in [3.05, 3.63) is 90.3 Å². The van der Waals surface area contributed by atoms with Crippen LogP contribution in [0.4, 0.5) is 5.69 Å². The minimum absolute atomic E-state index is 0.00990. The molecule has 0 aliphatic heterocycles. The van der Waals surface area contributed by atoms with E-state index in [0.717, 1.165) is 34.4 Å². The number of amides is 2. The number of rotatable bonds is 7. The fourth-order valence-electron chi connectivity index (χ4n) is 3.38. The Hall–Kier alpha value is -3.93. The van der Waals surface area contributed by atoms with Gasteiger partial charge in [0.25, 0.3) is 5.91 Å². The fraction of sp³-hybridized carbons (Fsp3) is 0.160. The molecule has 0 saturated carbocycles. The van der Waals surface area contributed by atoms with E-state index in [1.165, 1.54) is 0 Å². The highest BCUT2D eigenvalue weighted by Crippen LogP contribution is 2.18. The van der Waals surface area contributed by atoms with Crippen molar-refractivity contribution in [2.24, 2.45) is 0 Å². The van der Waals surface area contributed by atoms with E-state index in [-0.39, 0.29) is 11.8 Å².